The van der Waals surface area contributed by atoms with Crippen LogP contribution in [0.25, 0.3) is 0 Å². The Labute approximate surface area is 117 Å². The number of amides is 1. The van der Waals surface area contributed by atoms with Crippen LogP contribution in [-0.4, -0.2) is 68.1 Å². The van der Waals surface area contributed by atoms with Gasteiger partial charge < -0.3 is 16.0 Å². The Kier molecular flexibility index (Phi) is 8.79. The van der Waals surface area contributed by atoms with Crippen LogP contribution in [0.15, 0.2) is 0 Å². The largest absolute Gasteiger partial charge is 0.355 e. The number of hydrogen-bond donors (Lipinski definition) is 2. The van der Waals surface area contributed by atoms with E-state index in [1.165, 1.54) is 6.42 Å². The first-order chi connectivity index (χ1) is 9.26. The zero-order chi connectivity index (χ0) is 13.9. The highest BCUT2D eigenvalue weighted by molar-refractivity contribution is 5.77. The summed E-state index contributed by atoms with van der Waals surface area (Å²) in [4.78, 5) is 16.4. The van der Waals surface area contributed by atoms with Crippen molar-refractivity contribution >= 4 is 5.91 Å². The molecule has 1 aliphatic rings. The van der Waals surface area contributed by atoms with Crippen LogP contribution < -0.4 is 11.1 Å². The SMILES string of the molecule is CCCCNC(=O)CN1CCN(CCCCN)CC1. The average Bonchev–Trinajstić information content (AvgIpc) is 2.41. The van der Waals surface area contributed by atoms with Crippen LogP contribution in [0, 0.1) is 0 Å². The second-order valence-corrected chi connectivity index (χ2v) is 5.32. The molecule has 1 saturated heterocycles. The molecule has 5 heteroatoms. The third-order valence-electron chi connectivity index (χ3n) is 3.61. The molecule has 0 radical (unpaired) electrons. The van der Waals surface area contributed by atoms with Crippen molar-refractivity contribution in [2.45, 2.75) is 32.6 Å². The second kappa shape index (κ2) is 10.2. The Morgan fingerprint density at radius 3 is 2.42 bits per heavy atom. The topological polar surface area (TPSA) is 61.6 Å². The predicted molar refractivity (Wildman–Crippen MR) is 79.1 cm³/mol. The van der Waals surface area contributed by atoms with Gasteiger partial charge in [-0.2, -0.15) is 0 Å². The average molecular weight is 270 g/mol. The van der Waals surface area contributed by atoms with Gasteiger partial charge in [0, 0.05) is 32.7 Å². The highest BCUT2D eigenvalue weighted by atomic mass is 16.2. The van der Waals surface area contributed by atoms with E-state index in [1.807, 2.05) is 0 Å². The van der Waals surface area contributed by atoms with Gasteiger partial charge in [0.05, 0.1) is 6.54 Å². The molecular formula is C14H30N4O. The van der Waals surface area contributed by atoms with E-state index in [1.54, 1.807) is 0 Å². The van der Waals surface area contributed by atoms with Crippen LogP contribution in [-0.2, 0) is 4.79 Å². The molecule has 0 aromatic heterocycles. The number of hydrogen-bond acceptors (Lipinski definition) is 4. The first-order valence-electron chi connectivity index (χ1n) is 7.67. The van der Waals surface area contributed by atoms with E-state index >= 15 is 0 Å². The fraction of sp³-hybridized carbons (Fsp3) is 0.929. The summed E-state index contributed by atoms with van der Waals surface area (Å²) in [5.41, 5.74) is 5.50. The predicted octanol–water partition coefficient (Wildman–Crippen LogP) is 0.259. The molecule has 5 nitrogen and oxygen atoms in total. The van der Waals surface area contributed by atoms with Crippen LogP contribution >= 0.6 is 0 Å². The summed E-state index contributed by atoms with van der Waals surface area (Å²) in [7, 11) is 0. The first-order valence-corrected chi connectivity index (χ1v) is 7.67. The first kappa shape index (κ1) is 16.4. The van der Waals surface area contributed by atoms with Crippen LogP contribution in [0.4, 0.5) is 0 Å². The maximum absolute atomic E-state index is 11.7. The summed E-state index contributed by atoms with van der Waals surface area (Å²) in [6.07, 6.45) is 4.50. The minimum Gasteiger partial charge on any atom is -0.355 e. The van der Waals surface area contributed by atoms with Crippen molar-refractivity contribution in [1.82, 2.24) is 15.1 Å². The lowest BCUT2D eigenvalue weighted by Crippen LogP contribution is -2.49. The lowest BCUT2D eigenvalue weighted by molar-refractivity contribution is -0.122. The standard InChI is InChI=1S/C14H30N4O/c1-2-3-7-16-14(19)13-18-11-9-17(10-12-18)8-5-4-6-15/h2-13,15H2,1H3,(H,16,19). The van der Waals surface area contributed by atoms with E-state index in [2.05, 4.69) is 22.0 Å². The Hall–Kier alpha value is -0.650. The minimum absolute atomic E-state index is 0.171. The van der Waals surface area contributed by atoms with E-state index in [0.29, 0.717) is 6.54 Å². The number of nitrogens with zero attached hydrogens (tertiary/aromatic N) is 2. The molecule has 1 amide bonds. The molecule has 1 heterocycles. The van der Waals surface area contributed by atoms with Crippen LogP contribution in [0.2, 0.25) is 0 Å². The quantitative estimate of drug-likeness (QED) is 0.590. The minimum atomic E-state index is 0.171. The smallest absolute Gasteiger partial charge is 0.234 e. The van der Waals surface area contributed by atoms with Gasteiger partial charge in [-0.1, -0.05) is 13.3 Å². The lowest BCUT2D eigenvalue weighted by atomic mass is 10.2. The Morgan fingerprint density at radius 2 is 1.79 bits per heavy atom. The molecule has 112 valence electrons. The molecular weight excluding hydrogens is 240 g/mol. The molecule has 0 aromatic rings. The maximum Gasteiger partial charge on any atom is 0.234 e. The van der Waals surface area contributed by atoms with Gasteiger partial charge in [0.25, 0.3) is 0 Å². The molecule has 0 aromatic carbocycles. The molecule has 0 bridgehead atoms. The van der Waals surface area contributed by atoms with E-state index in [0.717, 1.165) is 65.1 Å². The van der Waals surface area contributed by atoms with E-state index < -0.39 is 0 Å². The molecule has 0 aliphatic carbocycles. The van der Waals surface area contributed by atoms with Gasteiger partial charge in [0.1, 0.15) is 0 Å². The number of unbranched alkanes of at least 4 members (excludes halogenated alkanes) is 2. The van der Waals surface area contributed by atoms with Crippen molar-refractivity contribution in [3.63, 3.8) is 0 Å². The van der Waals surface area contributed by atoms with E-state index in [-0.39, 0.29) is 5.91 Å². The van der Waals surface area contributed by atoms with Crippen molar-refractivity contribution in [3.8, 4) is 0 Å². The van der Waals surface area contributed by atoms with Crippen molar-refractivity contribution in [2.24, 2.45) is 5.73 Å². The van der Waals surface area contributed by atoms with Gasteiger partial charge in [-0.25, -0.2) is 0 Å². The molecule has 0 unspecified atom stereocenters. The van der Waals surface area contributed by atoms with Gasteiger partial charge >= 0.3 is 0 Å². The summed E-state index contributed by atoms with van der Waals surface area (Å²) in [5.74, 6) is 0.171. The number of nitrogens with one attached hydrogen (secondary N) is 1. The van der Waals surface area contributed by atoms with Gasteiger partial charge in [-0.05, 0) is 32.4 Å². The van der Waals surface area contributed by atoms with Gasteiger partial charge in [0.15, 0.2) is 0 Å². The molecule has 0 atom stereocenters. The van der Waals surface area contributed by atoms with Crippen molar-refractivity contribution in [1.29, 1.82) is 0 Å². The summed E-state index contributed by atoms with van der Waals surface area (Å²) in [6.45, 7) is 9.60. The lowest BCUT2D eigenvalue weighted by Gasteiger charge is -2.34. The number of carbonyl (C=O) groups excluding carboxylic acids is 1. The van der Waals surface area contributed by atoms with Crippen molar-refractivity contribution in [3.05, 3.63) is 0 Å². The van der Waals surface area contributed by atoms with Crippen molar-refractivity contribution < 1.29 is 4.79 Å². The van der Waals surface area contributed by atoms with Gasteiger partial charge in [-0.3, -0.25) is 9.69 Å². The Bertz CT molecular complexity index is 240. The van der Waals surface area contributed by atoms with Gasteiger partial charge in [-0.15, -0.1) is 0 Å². The number of rotatable bonds is 9. The summed E-state index contributed by atoms with van der Waals surface area (Å²) in [5, 5.41) is 2.98. The number of nitrogens with two attached hydrogens (primary N) is 1. The fourth-order valence-electron chi connectivity index (χ4n) is 2.31. The number of piperazine rings is 1. The molecule has 1 fully saturated rings. The highest BCUT2D eigenvalue weighted by Crippen LogP contribution is 2.03. The molecule has 1 rings (SSSR count). The third kappa shape index (κ3) is 7.50. The molecule has 3 N–H and O–H groups in total. The molecule has 19 heavy (non-hydrogen) atoms. The highest BCUT2D eigenvalue weighted by Gasteiger charge is 2.18. The maximum atomic E-state index is 11.7. The van der Waals surface area contributed by atoms with Crippen LogP contribution in [0.5, 0.6) is 0 Å². The summed E-state index contributed by atoms with van der Waals surface area (Å²) in [6, 6.07) is 0. The summed E-state index contributed by atoms with van der Waals surface area (Å²) < 4.78 is 0. The summed E-state index contributed by atoms with van der Waals surface area (Å²) >= 11 is 0. The zero-order valence-electron chi connectivity index (χ0n) is 12.4. The fourth-order valence-corrected chi connectivity index (χ4v) is 2.31. The Morgan fingerprint density at radius 1 is 1.11 bits per heavy atom. The molecule has 0 saturated carbocycles. The Balaban J connectivity index is 2.07. The molecule has 1 aliphatic heterocycles. The molecule has 0 spiro atoms. The third-order valence-corrected chi connectivity index (χ3v) is 3.61. The van der Waals surface area contributed by atoms with Gasteiger partial charge in [0.2, 0.25) is 5.91 Å². The van der Waals surface area contributed by atoms with Crippen LogP contribution in [0.1, 0.15) is 32.6 Å². The number of carbonyl (C=O) groups is 1. The van der Waals surface area contributed by atoms with Crippen molar-refractivity contribution in [2.75, 3.05) is 52.4 Å². The van der Waals surface area contributed by atoms with E-state index in [9.17, 15) is 4.79 Å². The normalized spacial score (nSPS) is 17.6. The second-order valence-electron chi connectivity index (χ2n) is 5.32. The monoisotopic (exact) mass is 270 g/mol. The zero-order valence-corrected chi connectivity index (χ0v) is 12.4. The van der Waals surface area contributed by atoms with Crippen LogP contribution in [0.3, 0.4) is 0 Å². The van der Waals surface area contributed by atoms with E-state index in [4.69, 9.17) is 5.73 Å².